The predicted octanol–water partition coefficient (Wildman–Crippen LogP) is 0.301. The van der Waals surface area contributed by atoms with Gasteiger partial charge >= 0.3 is 0 Å². The fourth-order valence-electron chi connectivity index (χ4n) is 1.48. The number of hydrogen-bond donors (Lipinski definition) is 1. The van der Waals surface area contributed by atoms with Crippen LogP contribution in [0.1, 0.15) is 12.1 Å². The number of amides is 1. The number of hydroxylamine groups is 1. The van der Waals surface area contributed by atoms with E-state index in [-0.39, 0.29) is 12.3 Å². The zero-order valence-corrected chi connectivity index (χ0v) is 8.85. The van der Waals surface area contributed by atoms with Crippen LogP contribution in [0.15, 0.2) is 16.9 Å². The summed E-state index contributed by atoms with van der Waals surface area (Å²) in [5.74, 6) is 0.153. The van der Waals surface area contributed by atoms with E-state index >= 15 is 0 Å². The molecule has 1 fully saturated rings. The van der Waals surface area contributed by atoms with Gasteiger partial charge in [0.1, 0.15) is 6.26 Å². The summed E-state index contributed by atoms with van der Waals surface area (Å²) in [6.07, 6.45) is 2.58. The number of nitrogens with zero attached hydrogens (tertiary/aromatic N) is 1. The van der Waals surface area contributed by atoms with Gasteiger partial charge in [-0.25, -0.2) is 5.48 Å². The molecular formula is C10H14N2O4. The van der Waals surface area contributed by atoms with Crippen molar-refractivity contribution in [3.05, 3.63) is 18.0 Å². The van der Waals surface area contributed by atoms with Crippen LogP contribution in [0.3, 0.4) is 0 Å². The molecule has 6 heteroatoms. The van der Waals surface area contributed by atoms with Crippen LogP contribution in [-0.4, -0.2) is 30.9 Å². The molecule has 0 spiro atoms. The molecule has 2 rings (SSSR count). The van der Waals surface area contributed by atoms with Crippen LogP contribution in [0.2, 0.25) is 0 Å². The zero-order chi connectivity index (χ0) is 11.2. The fourth-order valence-corrected chi connectivity index (χ4v) is 1.48. The summed E-state index contributed by atoms with van der Waals surface area (Å²) < 4.78 is 9.80. The molecule has 1 unspecified atom stereocenters. The van der Waals surface area contributed by atoms with Gasteiger partial charge in [-0.2, -0.15) is 0 Å². The smallest absolute Gasteiger partial charge is 0.249 e. The lowest BCUT2D eigenvalue weighted by Crippen LogP contribution is -2.28. The van der Waals surface area contributed by atoms with Crippen molar-refractivity contribution in [2.75, 3.05) is 19.8 Å². The van der Waals surface area contributed by atoms with Gasteiger partial charge in [-0.15, -0.1) is 0 Å². The SMILES string of the molecule is O=C(Cc1ccon1)NOCC1CCOC1. The molecule has 1 aliphatic heterocycles. The third-order valence-corrected chi connectivity index (χ3v) is 2.36. The molecule has 0 saturated carbocycles. The third-order valence-electron chi connectivity index (χ3n) is 2.36. The lowest BCUT2D eigenvalue weighted by Gasteiger charge is -2.08. The van der Waals surface area contributed by atoms with E-state index in [0.717, 1.165) is 13.0 Å². The first-order valence-corrected chi connectivity index (χ1v) is 5.22. The molecule has 0 aliphatic carbocycles. The number of carbonyl (C=O) groups is 1. The minimum Gasteiger partial charge on any atom is -0.381 e. The van der Waals surface area contributed by atoms with E-state index < -0.39 is 0 Å². The Morgan fingerprint density at radius 2 is 2.62 bits per heavy atom. The maximum absolute atomic E-state index is 11.3. The number of nitrogens with one attached hydrogen (secondary N) is 1. The van der Waals surface area contributed by atoms with Crippen molar-refractivity contribution in [2.45, 2.75) is 12.8 Å². The summed E-state index contributed by atoms with van der Waals surface area (Å²) in [6.45, 7) is 1.98. The molecule has 1 aliphatic rings. The first-order chi connectivity index (χ1) is 7.84. The van der Waals surface area contributed by atoms with Crippen molar-refractivity contribution in [3.63, 3.8) is 0 Å². The van der Waals surface area contributed by atoms with Gasteiger partial charge in [-0.1, -0.05) is 5.16 Å². The van der Waals surface area contributed by atoms with E-state index in [9.17, 15) is 4.79 Å². The maximum atomic E-state index is 11.3. The van der Waals surface area contributed by atoms with Crippen molar-refractivity contribution >= 4 is 5.91 Å². The number of ether oxygens (including phenoxy) is 1. The van der Waals surface area contributed by atoms with E-state index in [1.54, 1.807) is 6.07 Å². The second-order valence-electron chi connectivity index (χ2n) is 3.73. The van der Waals surface area contributed by atoms with Crippen LogP contribution >= 0.6 is 0 Å². The maximum Gasteiger partial charge on any atom is 0.249 e. The number of carbonyl (C=O) groups excluding carboxylic acids is 1. The first kappa shape index (κ1) is 11.1. The van der Waals surface area contributed by atoms with Crippen LogP contribution in [0, 0.1) is 5.92 Å². The van der Waals surface area contributed by atoms with E-state index in [1.807, 2.05) is 0 Å². The summed E-state index contributed by atoms with van der Waals surface area (Å²) in [4.78, 5) is 16.4. The van der Waals surface area contributed by atoms with Crippen molar-refractivity contribution in [1.29, 1.82) is 0 Å². The molecule has 0 aromatic carbocycles. The molecule has 1 aromatic heterocycles. The number of aromatic nitrogens is 1. The molecule has 1 N–H and O–H groups in total. The molecule has 1 saturated heterocycles. The zero-order valence-electron chi connectivity index (χ0n) is 8.85. The minimum absolute atomic E-state index is 0.164. The molecular weight excluding hydrogens is 212 g/mol. The molecule has 1 aromatic rings. The lowest BCUT2D eigenvalue weighted by molar-refractivity contribution is -0.134. The normalized spacial score (nSPS) is 19.9. The van der Waals surface area contributed by atoms with Gasteiger partial charge in [-0.05, 0) is 6.42 Å². The second kappa shape index (κ2) is 5.62. The molecule has 1 atom stereocenters. The minimum atomic E-state index is -0.229. The van der Waals surface area contributed by atoms with Crippen molar-refractivity contribution in [1.82, 2.24) is 10.6 Å². The Bertz CT molecular complexity index is 320. The quantitative estimate of drug-likeness (QED) is 0.731. The van der Waals surface area contributed by atoms with Crippen molar-refractivity contribution < 1.29 is 18.9 Å². The van der Waals surface area contributed by atoms with E-state index in [1.165, 1.54) is 6.26 Å². The van der Waals surface area contributed by atoms with Gasteiger partial charge in [0.15, 0.2) is 0 Å². The highest BCUT2D eigenvalue weighted by Crippen LogP contribution is 2.11. The Balaban J connectivity index is 1.60. The predicted molar refractivity (Wildman–Crippen MR) is 53.2 cm³/mol. The van der Waals surface area contributed by atoms with Gasteiger partial charge in [0.25, 0.3) is 0 Å². The van der Waals surface area contributed by atoms with Crippen molar-refractivity contribution in [2.24, 2.45) is 5.92 Å². The molecule has 2 heterocycles. The van der Waals surface area contributed by atoms with Gasteiger partial charge in [0.2, 0.25) is 5.91 Å². The highest BCUT2D eigenvalue weighted by molar-refractivity contribution is 5.76. The summed E-state index contributed by atoms with van der Waals surface area (Å²) in [6, 6.07) is 1.64. The molecule has 1 amide bonds. The monoisotopic (exact) mass is 226 g/mol. The summed E-state index contributed by atoms with van der Waals surface area (Å²) >= 11 is 0. The summed E-state index contributed by atoms with van der Waals surface area (Å²) in [5.41, 5.74) is 2.96. The first-order valence-electron chi connectivity index (χ1n) is 5.22. The van der Waals surface area contributed by atoms with Crippen molar-refractivity contribution in [3.8, 4) is 0 Å². The topological polar surface area (TPSA) is 73.6 Å². The van der Waals surface area contributed by atoms with E-state index in [0.29, 0.717) is 24.8 Å². The van der Waals surface area contributed by atoms with E-state index in [2.05, 4.69) is 15.2 Å². The van der Waals surface area contributed by atoms with Crippen LogP contribution < -0.4 is 5.48 Å². The van der Waals surface area contributed by atoms with Crippen LogP contribution in [0.4, 0.5) is 0 Å². The van der Waals surface area contributed by atoms with Gasteiger partial charge in [0, 0.05) is 18.6 Å². The highest BCUT2D eigenvalue weighted by Gasteiger charge is 2.16. The average Bonchev–Trinajstić information content (AvgIpc) is 2.90. The summed E-state index contributed by atoms with van der Waals surface area (Å²) in [5, 5.41) is 3.63. The standard InChI is InChI=1S/C10H14N2O4/c13-10(5-9-2-4-15-11-9)12-16-7-8-1-3-14-6-8/h2,4,8H,1,3,5-7H2,(H,12,13). The average molecular weight is 226 g/mol. The molecule has 16 heavy (non-hydrogen) atoms. The second-order valence-corrected chi connectivity index (χ2v) is 3.73. The lowest BCUT2D eigenvalue weighted by atomic mass is 10.1. The van der Waals surface area contributed by atoms with Crippen LogP contribution in [-0.2, 0) is 20.8 Å². The van der Waals surface area contributed by atoms with Gasteiger partial charge in [-0.3, -0.25) is 9.63 Å². The Labute approximate surface area is 92.8 Å². The third kappa shape index (κ3) is 3.32. The highest BCUT2D eigenvalue weighted by atomic mass is 16.7. The fraction of sp³-hybridized carbons (Fsp3) is 0.600. The van der Waals surface area contributed by atoms with Gasteiger partial charge in [0.05, 0.1) is 25.3 Å². The Hall–Kier alpha value is -1.40. The van der Waals surface area contributed by atoms with Crippen LogP contribution in [0.25, 0.3) is 0 Å². The number of rotatable bonds is 5. The summed E-state index contributed by atoms with van der Waals surface area (Å²) in [7, 11) is 0. The molecule has 0 radical (unpaired) electrons. The largest absolute Gasteiger partial charge is 0.381 e. The Morgan fingerprint density at radius 3 is 3.31 bits per heavy atom. The molecule has 0 bridgehead atoms. The Morgan fingerprint density at radius 1 is 1.69 bits per heavy atom. The van der Waals surface area contributed by atoms with Gasteiger partial charge < -0.3 is 9.26 Å². The van der Waals surface area contributed by atoms with E-state index in [4.69, 9.17) is 9.57 Å². The molecule has 6 nitrogen and oxygen atoms in total. The Kier molecular flexibility index (Phi) is 3.90. The van der Waals surface area contributed by atoms with Crippen LogP contribution in [0.5, 0.6) is 0 Å². The number of hydrogen-bond acceptors (Lipinski definition) is 5. The molecule has 88 valence electrons.